The Labute approximate surface area is 96.3 Å². The Hall–Kier alpha value is -1.35. The quantitative estimate of drug-likeness (QED) is 0.857. The highest BCUT2D eigenvalue weighted by Gasteiger charge is 2.19. The van der Waals surface area contributed by atoms with Crippen LogP contribution in [0.2, 0.25) is 0 Å². The van der Waals surface area contributed by atoms with Crippen molar-refractivity contribution >= 4 is 11.0 Å². The standard InChI is InChI=1S/C13H19N3/c1-4-16-9-15-11-7-10(5-6-12(11)16)13(2,3)8-14/h5-7,9H,4,8,14H2,1-3H3. The molecule has 2 rings (SSSR count). The molecule has 0 fully saturated rings. The van der Waals surface area contributed by atoms with E-state index in [4.69, 9.17) is 5.73 Å². The van der Waals surface area contributed by atoms with Crippen molar-refractivity contribution in [1.82, 2.24) is 9.55 Å². The van der Waals surface area contributed by atoms with Crippen LogP contribution in [0.15, 0.2) is 24.5 Å². The van der Waals surface area contributed by atoms with Crippen LogP contribution in [0.1, 0.15) is 26.3 Å². The molecule has 0 spiro atoms. The van der Waals surface area contributed by atoms with Crippen LogP contribution in [-0.2, 0) is 12.0 Å². The Bertz CT molecular complexity index is 497. The van der Waals surface area contributed by atoms with Gasteiger partial charge in [-0.2, -0.15) is 0 Å². The van der Waals surface area contributed by atoms with Gasteiger partial charge in [-0.1, -0.05) is 19.9 Å². The number of hydrogen-bond donors (Lipinski definition) is 1. The van der Waals surface area contributed by atoms with Gasteiger partial charge in [0, 0.05) is 18.5 Å². The Morgan fingerprint density at radius 2 is 2.12 bits per heavy atom. The number of aryl methyl sites for hydroxylation is 1. The zero-order valence-corrected chi connectivity index (χ0v) is 10.2. The minimum absolute atomic E-state index is 0.0180. The molecule has 0 amide bonds. The van der Waals surface area contributed by atoms with E-state index < -0.39 is 0 Å². The van der Waals surface area contributed by atoms with Gasteiger partial charge in [-0.15, -0.1) is 0 Å². The number of hydrogen-bond acceptors (Lipinski definition) is 2. The number of imidazole rings is 1. The highest BCUT2D eigenvalue weighted by Crippen LogP contribution is 2.25. The van der Waals surface area contributed by atoms with Gasteiger partial charge in [0.15, 0.2) is 0 Å². The molecule has 0 aliphatic heterocycles. The predicted molar refractivity (Wildman–Crippen MR) is 67.5 cm³/mol. The molecule has 2 N–H and O–H groups in total. The van der Waals surface area contributed by atoms with E-state index >= 15 is 0 Å². The third kappa shape index (κ3) is 1.71. The van der Waals surface area contributed by atoms with Gasteiger partial charge < -0.3 is 10.3 Å². The van der Waals surface area contributed by atoms with Crippen molar-refractivity contribution in [3.63, 3.8) is 0 Å². The normalized spacial score (nSPS) is 12.2. The smallest absolute Gasteiger partial charge is 0.0958 e. The fraction of sp³-hybridized carbons (Fsp3) is 0.462. The number of benzene rings is 1. The molecule has 0 aliphatic rings. The molecule has 3 nitrogen and oxygen atoms in total. The van der Waals surface area contributed by atoms with Gasteiger partial charge in [0.25, 0.3) is 0 Å². The Morgan fingerprint density at radius 1 is 1.38 bits per heavy atom. The molecule has 1 aromatic heterocycles. The molecular formula is C13H19N3. The van der Waals surface area contributed by atoms with Crippen molar-refractivity contribution in [3.8, 4) is 0 Å². The molecule has 0 saturated heterocycles. The van der Waals surface area contributed by atoms with Crippen LogP contribution >= 0.6 is 0 Å². The summed E-state index contributed by atoms with van der Waals surface area (Å²) in [7, 11) is 0. The van der Waals surface area contributed by atoms with Crippen LogP contribution in [0, 0.1) is 0 Å². The highest BCUT2D eigenvalue weighted by molar-refractivity contribution is 5.76. The lowest BCUT2D eigenvalue weighted by atomic mass is 9.85. The summed E-state index contributed by atoms with van der Waals surface area (Å²) < 4.78 is 2.15. The lowest BCUT2D eigenvalue weighted by Gasteiger charge is -2.22. The van der Waals surface area contributed by atoms with Gasteiger partial charge in [0.2, 0.25) is 0 Å². The lowest BCUT2D eigenvalue weighted by molar-refractivity contribution is 0.539. The molecule has 3 heteroatoms. The number of rotatable bonds is 3. The van der Waals surface area contributed by atoms with Crippen LogP contribution in [0.25, 0.3) is 11.0 Å². The van der Waals surface area contributed by atoms with E-state index in [1.54, 1.807) is 0 Å². The van der Waals surface area contributed by atoms with Crippen LogP contribution in [0.5, 0.6) is 0 Å². The van der Waals surface area contributed by atoms with Gasteiger partial charge in [0.05, 0.1) is 17.4 Å². The average Bonchev–Trinajstić information content (AvgIpc) is 2.70. The first-order valence-electron chi connectivity index (χ1n) is 5.74. The van der Waals surface area contributed by atoms with Gasteiger partial charge in [0.1, 0.15) is 0 Å². The fourth-order valence-corrected chi connectivity index (χ4v) is 1.85. The third-order valence-corrected chi connectivity index (χ3v) is 3.25. The molecule has 1 aromatic carbocycles. The molecule has 2 aromatic rings. The molecule has 0 aliphatic carbocycles. The topological polar surface area (TPSA) is 43.8 Å². The largest absolute Gasteiger partial charge is 0.331 e. The Kier molecular flexibility index (Phi) is 2.72. The summed E-state index contributed by atoms with van der Waals surface area (Å²) >= 11 is 0. The zero-order chi connectivity index (χ0) is 11.8. The van der Waals surface area contributed by atoms with Gasteiger partial charge in [-0.25, -0.2) is 4.98 Å². The molecule has 0 saturated carbocycles. The summed E-state index contributed by atoms with van der Waals surface area (Å²) in [5, 5.41) is 0. The lowest BCUT2D eigenvalue weighted by Crippen LogP contribution is -2.27. The van der Waals surface area contributed by atoms with Gasteiger partial charge in [-0.05, 0) is 24.6 Å². The Morgan fingerprint density at radius 3 is 2.75 bits per heavy atom. The van der Waals surface area contributed by atoms with Crippen molar-refractivity contribution in [2.75, 3.05) is 6.54 Å². The van der Waals surface area contributed by atoms with E-state index in [2.05, 4.69) is 48.5 Å². The Balaban J connectivity index is 2.53. The van der Waals surface area contributed by atoms with Gasteiger partial charge in [-0.3, -0.25) is 0 Å². The first-order valence-corrected chi connectivity index (χ1v) is 5.74. The van der Waals surface area contributed by atoms with E-state index in [0.29, 0.717) is 6.54 Å². The summed E-state index contributed by atoms with van der Waals surface area (Å²) in [5.41, 5.74) is 9.31. The maximum atomic E-state index is 5.79. The second-order valence-electron chi connectivity index (χ2n) is 4.82. The first-order chi connectivity index (χ1) is 7.58. The third-order valence-electron chi connectivity index (χ3n) is 3.25. The summed E-state index contributed by atoms with van der Waals surface area (Å²) in [6.07, 6.45) is 1.89. The average molecular weight is 217 g/mol. The van der Waals surface area contributed by atoms with Crippen molar-refractivity contribution < 1.29 is 0 Å². The van der Waals surface area contributed by atoms with E-state index in [0.717, 1.165) is 12.1 Å². The number of nitrogens with two attached hydrogens (primary N) is 1. The van der Waals surface area contributed by atoms with E-state index in [1.165, 1.54) is 11.1 Å². The fourth-order valence-electron chi connectivity index (χ4n) is 1.85. The van der Waals surface area contributed by atoms with E-state index in [1.807, 2.05) is 6.33 Å². The molecule has 0 atom stereocenters. The molecule has 0 bridgehead atoms. The van der Waals surface area contributed by atoms with E-state index in [-0.39, 0.29) is 5.41 Å². The summed E-state index contributed by atoms with van der Waals surface area (Å²) in [6.45, 7) is 8.04. The SMILES string of the molecule is CCn1cnc2cc(C(C)(C)CN)ccc21. The summed E-state index contributed by atoms with van der Waals surface area (Å²) in [6, 6.07) is 6.44. The molecule has 1 heterocycles. The van der Waals surface area contributed by atoms with Crippen molar-refractivity contribution in [2.45, 2.75) is 32.7 Å². The molecule has 16 heavy (non-hydrogen) atoms. The van der Waals surface area contributed by atoms with E-state index in [9.17, 15) is 0 Å². The van der Waals surface area contributed by atoms with Crippen LogP contribution < -0.4 is 5.73 Å². The molecule has 86 valence electrons. The van der Waals surface area contributed by atoms with Crippen LogP contribution in [-0.4, -0.2) is 16.1 Å². The molecule has 0 unspecified atom stereocenters. The second kappa shape index (κ2) is 3.91. The molecular weight excluding hydrogens is 198 g/mol. The van der Waals surface area contributed by atoms with Gasteiger partial charge >= 0.3 is 0 Å². The van der Waals surface area contributed by atoms with Crippen LogP contribution in [0.3, 0.4) is 0 Å². The molecule has 0 radical (unpaired) electrons. The maximum absolute atomic E-state index is 5.79. The second-order valence-corrected chi connectivity index (χ2v) is 4.82. The summed E-state index contributed by atoms with van der Waals surface area (Å²) in [4.78, 5) is 4.42. The maximum Gasteiger partial charge on any atom is 0.0958 e. The van der Waals surface area contributed by atoms with Crippen molar-refractivity contribution in [3.05, 3.63) is 30.1 Å². The monoisotopic (exact) mass is 217 g/mol. The van der Waals surface area contributed by atoms with Crippen molar-refractivity contribution in [2.24, 2.45) is 5.73 Å². The predicted octanol–water partition coefficient (Wildman–Crippen LogP) is 2.29. The number of fused-ring (bicyclic) bond motifs is 1. The zero-order valence-electron chi connectivity index (χ0n) is 10.2. The minimum atomic E-state index is 0.0180. The van der Waals surface area contributed by atoms with Crippen molar-refractivity contribution in [1.29, 1.82) is 0 Å². The highest BCUT2D eigenvalue weighted by atomic mass is 15.0. The first kappa shape index (κ1) is 11.1. The minimum Gasteiger partial charge on any atom is -0.331 e. The number of aromatic nitrogens is 2. The number of nitrogens with zero attached hydrogens (tertiary/aromatic N) is 2. The van der Waals surface area contributed by atoms with Crippen LogP contribution in [0.4, 0.5) is 0 Å². The summed E-state index contributed by atoms with van der Waals surface area (Å²) in [5.74, 6) is 0.